The van der Waals surface area contributed by atoms with E-state index in [1.165, 1.54) is 0 Å². The zero-order valence-electron chi connectivity index (χ0n) is 12.5. The first-order valence-corrected chi connectivity index (χ1v) is 7.69. The first kappa shape index (κ1) is 13.8. The van der Waals surface area contributed by atoms with Crippen molar-refractivity contribution < 1.29 is 4.79 Å². The van der Waals surface area contributed by atoms with Gasteiger partial charge in [0.15, 0.2) is 0 Å². The molecule has 0 atom stereocenters. The Morgan fingerprint density at radius 3 is 2.74 bits per heavy atom. The number of hydrogen-bond donors (Lipinski definition) is 0. The van der Waals surface area contributed by atoms with E-state index in [1.807, 2.05) is 30.3 Å². The second-order valence-corrected chi connectivity index (χ2v) is 5.72. The maximum absolute atomic E-state index is 12.7. The molecule has 1 aliphatic heterocycles. The third-order valence-corrected chi connectivity index (χ3v) is 4.24. The maximum atomic E-state index is 12.7. The predicted molar refractivity (Wildman–Crippen MR) is 87.2 cm³/mol. The molecule has 3 heterocycles. The normalized spacial score (nSPS) is 14.5. The number of carbonyl (C=O) groups is 1. The molecule has 1 aliphatic rings. The van der Waals surface area contributed by atoms with Gasteiger partial charge in [0, 0.05) is 37.6 Å². The van der Waals surface area contributed by atoms with Crippen LogP contribution in [-0.2, 0) is 17.8 Å². The number of fused-ring (bicyclic) bond motifs is 2. The first-order valence-electron chi connectivity index (χ1n) is 7.69. The number of hydrogen-bond acceptors (Lipinski definition) is 4. The van der Waals surface area contributed by atoms with Crippen molar-refractivity contribution in [3.63, 3.8) is 0 Å². The Hall–Kier alpha value is -2.82. The van der Waals surface area contributed by atoms with Crippen molar-refractivity contribution in [3.05, 3.63) is 58.8 Å². The van der Waals surface area contributed by atoms with Gasteiger partial charge in [-0.25, -0.2) is 4.98 Å². The number of pyridine rings is 1. The van der Waals surface area contributed by atoms with Gasteiger partial charge in [0.2, 0.25) is 0 Å². The summed E-state index contributed by atoms with van der Waals surface area (Å²) >= 11 is 0. The highest BCUT2D eigenvalue weighted by Crippen LogP contribution is 2.21. The number of aromatic nitrogens is 3. The van der Waals surface area contributed by atoms with Crippen LogP contribution in [-0.4, -0.2) is 20.3 Å². The van der Waals surface area contributed by atoms with Crippen molar-refractivity contribution in [2.45, 2.75) is 25.8 Å². The number of rotatable bonds is 1. The number of Topliss-reactive ketones (excluding diaryl/α,β-unsaturated/α-hetero) is 1. The highest BCUT2D eigenvalue weighted by molar-refractivity contribution is 5.83. The van der Waals surface area contributed by atoms with Crippen molar-refractivity contribution in [3.8, 4) is 11.3 Å². The molecular formula is C18H15N3O2. The van der Waals surface area contributed by atoms with Gasteiger partial charge in [0.25, 0.3) is 5.56 Å². The molecule has 114 valence electrons. The number of aryl methyl sites for hydroxylation is 1. The molecule has 0 radical (unpaired) electrons. The van der Waals surface area contributed by atoms with Crippen molar-refractivity contribution in [2.24, 2.45) is 0 Å². The smallest absolute Gasteiger partial charge is 0.261 e. The molecule has 5 heteroatoms. The minimum atomic E-state index is -0.0627. The Morgan fingerprint density at radius 2 is 1.91 bits per heavy atom. The molecule has 0 bridgehead atoms. The largest absolute Gasteiger partial charge is 0.300 e. The molecule has 23 heavy (non-hydrogen) atoms. The highest BCUT2D eigenvalue weighted by atomic mass is 16.1. The van der Waals surface area contributed by atoms with E-state index in [0.29, 0.717) is 42.5 Å². The third-order valence-electron chi connectivity index (χ3n) is 4.24. The molecular weight excluding hydrogens is 290 g/mol. The van der Waals surface area contributed by atoms with Crippen LogP contribution in [0.3, 0.4) is 0 Å². The van der Waals surface area contributed by atoms with Crippen LogP contribution in [0.5, 0.6) is 0 Å². The van der Waals surface area contributed by atoms with Gasteiger partial charge in [-0.05, 0) is 24.3 Å². The van der Waals surface area contributed by atoms with E-state index in [2.05, 4.69) is 9.97 Å². The van der Waals surface area contributed by atoms with E-state index < -0.39 is 0 Å². The second kappa shape index (κ2) is 5.43. The molecule has 5 nitrogen and oxygen atoms in total. The number of nitrogens with zero attached hydrogens (tertiary/aromatic N) is 3. The molecule has 0 saturated heterocycles. The van der Waals surface area contributed by atoms with Gasteiger partial charge < -0.3 is 0 Å². The highest BCUT2D eigenvalue weighted by Gasteiger charge is 2.17. The lowest BCUT2D eigenvalue weighted by atomic mass is 10.1. The molecule has 0 saturated carbocycles. The van der Waals surface area contributed by atoms with Crippen molar-refractivity contribution in [2.75, 3.05) is 0 Å². The van der Waals surface area contributed by atoms with Crippen LogP contribution in [0.15, 0.2) is 47.4 Å². The SMILES string of the molecule is O=C1CCc2nc3cc(-c4ccccn4)ccc3c(=O)n2CC1. The van der Waals surface area contributed by atoms with Crippen molar-refractivity contribution in [1.82, 2.24) is 14.5 Å². The number of carbonyl (C=O) groups excluding carboxylic acids is 1. The Labute approximate surface area is 132 Å². The zero-order valence-corrected chi connectivity index (χ0v) is 12.5. The molecule has 0 aliphatic carbocycles. The molecule has 1 aromatic carbocycles. The number of ketones is 1. The summed E-state index contributed by atoms with van der Waals surface area (Å²) in [4.78, 5) is 33.3. The van der Waals surface area contributed by atoms with E-state index >= 15 is 0 Å². The lowest BCUT2D eigenvalue weighted by Gasteiger charge is -2.10. The zero-order chi connectivity index (χ0) is 15.8. The lowest BCUT2D eigenvalue weighted by molar-refractivity contribution is -0.119. The Kier molecular flexibility index (Phi) is 3.26. The Balaban J connectivity index is 1.90. The van der Waals surface area contributed by atoms with Gasteiger partial charge >= 0.3 is 0 Å². The third kappa shape index (κ3) is 2.44. The second-order valence-electron chi connectivity index (χ2n) is 5.72. The van der Waals surface area contributed by atoms with Crippen LogP contribution >= 0.6 is 0 Å². The molecule has 0 spiro atoms. The van der Waals surface area contributed by atoms with E-state index in [4.69, 9.17) is 0 Å². The van der Waals surface area contributed by atoms with Gasteiger partial charge in [-0.2, -0.15) is 0 Å². The average molecular weight is 305 g/mol. The monoisotopic (exact) mass is 305 g/mol. The van der Waals surface area contributed by atoms with E-state index in [-0.39, 0.29) is 11.3 Å². The van der Waals surface area contributed by atoms with E-state index in [1.54, 1.807) is 16.8 Å². The lowest BCUT2D eigenvalue weighted by Crippen LogP contribution is -2.24. The molecule has 0 N–H and O–H groups in total. The molecule has 3 aromatic rings. The topological polar surface area (TPSA) is 64.8 Å². The predicted octanol–water partition coefficient (Wildman–Crippen LogP) is 2.36. The maximum Gasteiger partial charge on any atom is 0.261 e. The van der Waals surface area contributed by atoms with Gasteiger partial charge in [-0.3, -0.25) is 19.1 Å². The molecule has 0 unspecified atom stereocenters. The average Bonchev–Trinajstić information content (AvgIpc) is 2.78. The Bertz CT molecular complexity index is 961. The first-order chi connectivity index (χ1) is 11.2. The van der Waals surface area contributed by atoms with Crippen LogP contribution in [0, 0.1) is 0 Å². The van der Waals surface area contributed by atoms with Crippen LogP contribution in [0.4, 0.5) is 0 Å². The van der Waals surface area contributed by atoms with E-state index in [0.717, 1.165) is 11.3 Å². The summed E-state index contributed by atoms with van der Waals surface area (Å²) in [5, 5.41) is 0.586. The minimum Gasteiger partial charge on any atom is -0.300 e. The van der Waals surface area contributed by atoms with Gasteiger partial charge in [-0.15, -0.1) is 0 Å². The van der Waals surface area contributed by atoms with Gasteiger partial charge in [0.05, 0.1) is 16.6 Å². The van der Waals surface area contributed by atoms with Crippen molar-refractivity contribution in [1.29, 1.82) is 0 Å². The van der Waals surface area contributed by atoms with Crippen LogP contribution in [0.25, 0.3) is 22.2 Å². The quantitative estimate of drug-likeness (QED) is 0.692. The fourth-order valence-electron chi connectivity index (χ4n) is 2.99. The molecule has 0 amide bonds. The summed E-state index contributed by atoms with van der Waals surface area (Å²) in [5.41, 5.74) is 2.38. The Morgan fingerprint density at radius 1 is 1.00 bits per heavy atom. The summed E-state index contributed by atoms with van der Waals surface area (Å²) < 4.78 is 1.65. The summed E-state index contributed by atoms with van der Waals surface area (Å²) in [6, 6.07) is 11.3. The fourth-order valence-corrected chi connectivity index (χ4v) is 2.99. The summed E-state index contributed by atoms with van der Waals surface area (Å²) in [7, 11) is 0. The molecule has 2 aromatic heterocycles. The van der Waals surface area contributed by atoms with E-state index in [9.17, 15) is 9.59 Å². The van der Waals surface area contributed by atoms with Gasteiger partial charge in [-0.1, -0.05) is 12.1 Å². The van der Waals surface area contributed by atoms with Gasteiger partial charge in [0.1, 0.15) is 11.6 Å². The molecule has 4 rings (SSSR count). The summed E-state index contributed by atoms with van der Waals surface area (Å²) in [6.45, 7) is 0.429. The summed E-state index contributed by atoms with van der Waals surface area (Å²) in [6.07, 6.45) is 3.13. The van der Waals surface area contributed by atoms with Crippen molar-refractivity contribution >= 4 is 16.7 Å². The van der Waals surface area contributed by atoms with Crippen LogP contribution in [0.1, 0.15) is 18.7 Å². The van der Waals surface area contributed by atoms with Crippen LogP contribution < -0.4 is 5.56 Å². The molecule has 0 fully saturated rings. The number of benzene rings is 1. The minimum absolute atomic E-state index is 0.0627. The fraction of sp³-hybridized carbons (Fsp3) is 0.222. The summed E-state index contributed by atoms with van der Waals surface area (Å²) in [5.74, 6) is 0.889. The van der Waals surface area contributed by atoms with Crippen LogP contribution in [0.2, 0.25) is 0 Å². The standard InChI is InChI=1S/C18H15N3O2/c22-13-5-7-17-20-16-11-12(15-3-1-2-9-19-15)4-6-14(16)18(23)21(17)10-8-13/h1-4,6,9,11H,5,7-8,10H2.